The van der Waals surface area contributed by atoms with Gasteiger partial charge in [-0.15, -0.1) is 0 Å². The number of morpholine rings is 1. The Hall–Kier alpha value is -1.70. The summed E-state index contributed by atoms with van der Waals surface area (Å²) < 4.78 is 13.6. The highest BCUT2D eigenvalue weighted by molar-refractivity contribution is 5.57. The molecular formula is C19H29N5O2. The molecule has 1 atom stereocenters. The zero-order valence-corrected chi connectivity index (χ0v) is 16.1. The van der Waals surface area contributed by atoms with Gasteiger partial charge in [-0.2, -0.15) is 9.61 Å². The number of hydrogen-bond donors (Lipinski definition) is 0. The molecule has 0 spiro atoms. The average Bonchev–Trinajstić information content (AvgIpc) is 2.81. The molecule has 0 aliphatic carbocycles. The first-order valence-electron chi connectivity index (χ1n) is 9.62. The van der Waals surface area contributed by atoms with Crippen molar-refractivity contribution in [1.82, 2.24) is 19.5 Å². The molecule has 0 radical (unpaired) electrons. The van der Waals surface area contributed by atoms with E-state index in [0.717, 1.165) is 87.4 Å². The molecule has 0 aromatic carbocycles. The van der Waals surface area contributed by atoms with E-state index in [0.29, 0.717) is 0 Å². The SMILES string of the molecule is Cc1cc(N2CCCOC(CN3CCOCC3)C2)n2nc(C)c(C)c2n1. The Bertz CT molecular complexity index is 769. The lowest BCUT2D eigenvalue weighted by molar-refractivity contribution is -0.00509. The fourth-order valence-corrected chi connectivity index (χ4v) is 3.84. The Morgan fingerprint density at radius 3 is 2.73 bits per heavy atom. The number of nitrogens with zero attached hydrogens (tertiary/aromatic N) is 5. The van der Waals surface area contributed by atoms with Crippen LogP contribution in [0.25, 0.3) is 5.65 Å². The Balaban J connectivity index is 1.59. The van der Waals surface area contributed by atoms with Crippen LogP contribution in [0.5, 0.6) is 0 Å². The summed E-state index contributed by atoms with van der Waals surface area (Å²) in [5, 5.41) is 4.75. The lowest BCUT2D eigenvalue weighted by Gasteiger charge is -2.32. The van der Waals surface area contributed by atoms with E-state index in [1.165, 1.54) is 0 Å². The molecule has 2 aliphatic rings. The Morgan fingerprint density at radius 2 is 1.92 bits per heavy atom. The van der Waals surface area contributed by atoms with Gasteiger partial charge in [-0.05, 0) is 27.2 Å². The third-order valence-electron chi connectivity index (χ3n) is 5.41. The fourth-order valence-electron chi connectivity index (χ4n) is 3.84. The molecule has 2 fully saturated rings. The van der Waals surface area contributed by atoms with Gasteiger partial charge in [0.15, 0.2) is 5.65 Å². The van der Waals surface area contributed by atoms with Crippen molar-refractivity contribution >= 4 is 11.5 Å². The number of ether oxygens (including phenoxy) is 2. The molecular weight excluding hydrogens is 330 g/mol. The van der Waals surface area contributed by atoms with Gasteiger partial charge < -0.3 is 14.4 Å². The van der Waals surface area contributed by atoms with Gasteiger partial charge in [0.2, 0.25) is 0 Å². The molecule has 4 heterocycles. The van der Waals surface area contributed by atoms with Crippen LogP contribution in [-0.2, 0) is 9.47 Å². The van der Waals surface area contributed by atoms with Crippen LogP contribution in [0.15, 0.2) is 6.07 Å². The topological polar surface area (TPSA) is 55.1 Å². The summed E-state index contributed by atoms with van der Waals surface area (Å²) in [6.45, 7) is 13.5. The maximum Gasteiger partial charge on any atom is 0.160 e. The lowest BCUT2D eigenvalue weighted by Crippen LogP contribution is -2.45. The molecule has 2 aliphatic heterocycles. The van der Waals surface area contributed by atoms with E-state index in [2.05, 4.69) is 36.6 Å². The second kappa shape index (κ2) is 7.50. The number of rotatable bonds is 3. The number of aryl methyl sites for hydroxylation is 3. The molecule has 4 rings (SSSR count). The molecule has 2 aromatic heterocycles. The minimum Gasteiger partial charge on any atom is -0.379 e. The zero-order chi connectivity index (χ0) is 18.1. The number of aromatic nitrogens is 3. The van der Waals surface area contributed by atoms with Crippen LogP contribution >= 0.6 is 0 Å². The third-order valence-corrected chi connectivity index (χ3v) is 5.41. The van der Waals surface area contributed by atoms with Gasteiger partial charge in [-0.3, -0.25) is 4.90 Å². The summed E-state index contributed by atoms with van der Waals surface area (Å²) in [4.78, 5) is 9.58. The molecule has 7 nitrogen and oxygen atoms in total. The van der Waals surface area contributed by atoms with Crippen molar-refractivity contribution in [2.45, 2.75) is 33.3 Å². The molecule has 7 heteroatoms. The van der Waals surface area contributed by atoms with E-state index >= 15 is 0 Å². The van der Waals surface area contributed by atoms with Crippen molar-refractivity contribution in [2.75, 3.05) is 57.4 Å². The lowest BCUT2D eigenvalue weighted by atomic mass is 10.2. The van der Waals surface area contributed by atoms with Crippen molar-refractivity contribution < 1.29 is 9.47 Å². The molecule has 0 amide bonds. The zero-order valence-electron chi connectivity index (χ0n) is 16.1. The van der Waals surface area contributed by atoms with Gasteiger partial charge in [-0.25, -0.2) is 4.98 Å². The van der Waals surface area contributed by atoms with E-state index in [1.54, 1.807) is 0 Å². The van der Waals surface area contributed by atoms with Crippen LogP contribution in [0.3, 0.4) is 0 Å². The van der Waals surface area contributed by atoms with Crippen molar-refractivity contribution in [3.8, 4) is 0 Å². The molecule has 0 saturated carbocycles. The van der Waals surface area contributed by atoms with Crippen molar-refractivity contribution in [3.63, 3.8) is 0 Å². The predicted octanol–water partition coefficient (Wildman–Crippen LogP) is 1.58. The number of hydrogen-bond acceptors (Lipinski definition) is 6. The van der Waals surface area contributed by atoms with Crippen LogP contribution in [-0.4, -0.2) is 78.1 Å². The molecule has 1 unspecified atom stereocenters. The van der Waals surface area contributed by atoms with Crippen LogP contribution in [0.2, 0.25) is 0 Å². The fraction of sp³-hybridized carbons (Fsp3) is 0.684. The van der Waals surface area contributed by atoms with Gasteiger partial charge in [0, 0.05) is 56.7 Å². The molecule has 26 heavy (non-hydrogen) atoms. The summed E-state index contributed by atoms with van der Waals surface area (Å²) in [5.74, 6) is 1.13. The maximum atomic E-state index is 6.16. The van der Waals surface area contributed by atoms with Crippen LogP contribution in [0, 0.1) is 20.8 Å². The normalized spacial score (nSPS) is 22.7. The minimum atomic E-state index is 0.205. The van der Waals surface area contributed by atoms with Gasteiger partial charge in [-0.1, -0.05) is 0 Å². The van der Waals surface area contributed by atoms with Gasteiger partial charge in [0.05, 0.1) is 25.0 Å². The molecule has 2 aromatic rings. The molecule has 0 N–H and O–H groups in total. The van der Waals surface area contributed by atoms with Crippen molar-refractivity contribution in [1.29, 1.82) is 0 Å². The summed E-state index contributed by atoms with van der Waals surface area (Å²) in [6, 6.07) is 2.15. The first kappa shape index (κ1) is 17.7. The maximum absolute atomic E-state index is 6.16. The quantitative estimate of drug-likeness (QED) is 0.829. The summed E-state index contributed by atoms with van der Waals surface area (Å²) >= 11 is 0. The Kier molecular flexibility index (Phi) is 5.11. The van der Waals surface area contributed by atoms with E-state index < -0.39 is 0 Å². The minimum absolute atomic E-state index is 0.205. The largest absolute Gasteiger partial charge is 0.379 e. The summed E-state index contributed by atoms with van der Waals surface area (Å²) in [5.41, 5.74) is 4.20. The van der Waals surface area contributed by atoms with E-state index in [9.17, 15) is 0 Å². The molecule has 2 saturated heterocycles. The first-order chi connectivity index (χ1) is 12.6. The van der Waals surface area contributed by atoms with E-state index in [1.807, 2.05) is 4.52 Å². The Morgan fingerprint density at radius 1 is 1.12 bits per heavy atom. The molecule has 142 valence electrons. The van der Waals surface area contributed by atoms with Crippen molar-refractivity contribution in [2.24, 2.45) is 0 Å². The highest BCUT2D eigenvalue weighted by Crippen LogP contribution is 2.23. The van der Waals surface area contributed by atoms with Crippen LogP contribution in [0.1, 0.15) is 23.4 Å². The third kappa shape index (κ3) is 3.56. The highest BCUT2D eigenvalue weighted by atomic mass is 16.5. The van der Waals surface area contributed by atoms with E-state index in [-0.39, 0.29) is 6.10 Å². The monoisotopic (exact) mass is 359 g/mol. The highest BCUT2D eigenvalue weighted by Gasteiger charge is 2.25. The Labute approximate surface area is 154 Å². The second-order valence-corrected chi connectivity index (χ2v) is 7.41. The standard InChI is InChI=1S/C19H29N5O2/c1-14-11-18(24-19(20-14)15(2)16(3)21-24)23-5-4-8-26-17(13-23)12-22-6-9-25-10-7-22/h11,17H,4-10,12-13H2,1-3H3. The summed E-state index contributed by atoms with van der Waals surface area (Å²) in [7, 11) is 0. The smallest absolute Gasteiger partial charge is 0.160 e. The number of anilines is 1. The second-order valence-electron chi connectivity index (χ2n) is 7.41. The van der Waals surface area contributed by atoms with E-state index in [4.69, 9.17) is 19.6 Å². The average molecular weight is 359 g/mol. The summed E-state index contributed by atoms with van der Waals surface area (Å²) in [6.07, 6.45) is 1.23. The van der Waals surface area contributed by atoms with Crippen LogP contribution in [0.4, 0.5) is 5.82 Å². The first-order valence-corrected chi connectivity index (χ1v) is 9.62. The molecule has 0 bridgehead atoms. The van der Waals surface area contributed by atoms with Gasteiger partial charge in [0.25, 0.3) is 0 Å². The van der Waals surface area contributed by atoms with Gasteiger partial charge in [0.1, 0.15) is 5.82 Å². The van der Waals surface area contributed by atoms with Crippen LogP contribution < -0.4 is 4.90 Å². The van der Waals surface area contributed by atoms with Crippen molar-refractivity contribution in [3.05, 3.63) is 23.0 Å². The predicted molar refractivity (Wildman–Crippen MR) is 101 cm³/mol. The number of fused-ring (bicyclic) bond motifs is 1. The van der Waals surface area contributed by atoms with Gasteiger partial charge >= 0.3 is 0 Å².